The van der Waals surface area contributed by atoms with Gasteiger partial charge in [-0.2, -0.15) is 5.26 Å². The van der Waals surface area contributed by atoms with Crippen molar-refractivity contribution in [1.29, 1.82) is 5.26 Å². The van der Waals surface area contributed by atoms with Crippen LogP contribution in [0.2, 0.25) is 10.2 Å². The molecule has 0 aliphatic heterocycles. The third-order valence-corrected chi connectivity index (χ3v) is 2.80. The summed E-state index contributed by atoms with van der Waals surface area (Å²) in [6, 6.07) is 7.60. The smallest absolute Gasteiger partial charge is 0.147 e. The van der Waals surface area contributed by atoms with Gasteiger partial charge in [0.25, 0.3) is 0 Å². The molecule has 2 rings (SSSR count). The number of benzene rings is 1. The molecule has 0 bridgehead atoms. The number of rotatable bonds is 1. The van der Waals surface area contributed by atoms with Gasteiger partial charge in [-0.15, -0.1) is 0 Å². The van der Waals surface area contributed by atoms with E-state index < -0.39 is 0 Å². The maximum atomic E-state index is 12.8. The summed E-state index contributed by atoms with van der Waals surface area (Å²) in [6.45, 7) is 0. The molecule has 0 aliphatic rings. The maximum absolute atomic E-state index is 12.8. The van der Waals surface area contributed by atoms with Gasteiger partial charge in [0.1, 0.15) is 17.0 Å². The Morgan fingerprint density at radius 3 is 2.41 bits per heavy atom. The lowest BCUT2D eigenvalue weighted by Crippen LogP contribution is -1.90. The zero-order valence-electron chi connectivity index (χ0n) is 8.42. The Morgan fingerprint density at radius 1 is 1.18 bits per heavy atom. The lowest BCUT2D eigenvalue weighted by molar-refractivity contribution is 0.628. The summed E-state index contributed by atoms with van der Waals surface area (Å²) in [5, 5.41) is 9.42. The second kappa shape index (κ2) is 4.70. The Bertz CT molecular complexity index is 603. The number of pyridine rings is 1. The highest BCUT2D eigenvalue weighted by Crippen LogP contribution is 2.33. The predicted molar refractivity (Wildman–Crippen MR) is 64.4 cm³/mol. The average molecular weight is 267 g/mol. The molecule has 84 valence electrons. The minimum Gasteiger partial charge on any atom is -0.242 e. The monoisotopic (exact) mass is 266 g/mol. The minimum atomic E-state index is -0.358. The lowest BCUT2D eigenvalue weighted by atomic mass is 10.0. The summed E-state index contributed by atoms with van der Waals surface area (Å²) < 4.78 is 12.8. The molecule has 0 radical (unpaired) electrons. The first-order valence-electron chi connectivity index (χ1n) is 4.63. The van der Waals surface area contributed by atoms with E-state index in [4.69, 9.17) is 28.5 Å². The van der Waals surface area contributed by atoms with Crippen molar-refractivity contribution >= 4 is 23.2 Å². The van der Waals surface area contributed by atoms with Crippen molar-refractivity contribution in [2.75, 3.05) is 0 Å². The molecule has 17 heavy (non-hydrogen) atoms. The Balaban J connectivity index is 2.71. The van der Waals surface area contributed by atoms with Crippen molar-refractivity contribution in [2.24, 2.45) is 0 Å². The van der Waals surface area contributed by atoms with Gasteiger partial charge in [0, 0.05) is 11.8 Å². The molecule has 0 aliphatic carbocycles. The number of nitrogens with zero attached hydrogens (tertiary/aromatic N) is 2. The molecule has 1 aromatic carbocycles. The van der Waals surface area contributed by atoms with Crippen molar-refractivity contribution in [1.82, 2.24) is 4.98 Å². The molecule has 0 saturated carbocycles. The van der Waals surface area contributed by atoms with Crippen LogP contribution in [0.15, 0.2) is 30.5 Å². The van der Waals surface area contributed by atoms with Gasteiger partial charge in [-0.05, 0) is 17.7 Å². The molecule has 0 amide bonds. The van der Waals surface area contributed by atoms with Crippen molar-refractivity contribution < 1.29 is 4.39 Å². The SMILES string of the molecule is N#Cc1c(Cl)ncc(Cl)c1-c1ccc(F)cc1. The summed E-state index contributed by atoms with van der Waals surface area (Å²) in [5.41, 5.74) is 1.28. The lowest BCUT2D eigenvalue weighted by Gasteiger charge is -2.07. The highest BCUT2D eigenvalue weighted by Gasteiger charge is 2.14. The molecule has 2 nitrogen and oxygen atoms in total. The molecule has 0 saturated heterocycles. The van der Waals surface area contributed by atoms with Crippen LogP contribution in [0.1, 0.15) is 5.56 Å². The Labute approximate surface area is 107 Å². The van der Waals surface area contributed by atoms with Gasteiger partial charge >= 0.3 is 0 Å². The first-order chi connectivity index (χ1) is 8.13. The van der Waals surface area contributed by atoms with Gasteiger partial charge < -0.3 is 0 Å². The Hall–Kier alpha value is -1.63. The van der Waals surface area contributed by atoms with E-state index in [-0.39, 0.29) is 16.5 Å². The zero-order valence-corrected chi connectivity index (χ0v) is 9.93. The number of hydrogen-bond donors (Lipinski definition) is 0. The molecule has 5 heteroatoms. The topological polar surface area (TPSA) is 36.7 Å². The fourth-order valence-electron chi connectivity index (χ4n) is 1.47. The largest absolute Gasteiger partial charge is 0.242 e. The third-order valence-electron chi connectivity index (χ3n) is 2.23. The maximum Gasteiger partial charge on any atom is 0.147 e. The van der Waals surface area contributed by atoms with E-state index in [1.165, 1.54) is 30.5 Å². The number of nitriles is 1. The first kappa shape index (κ1) is 11.8. The second-order valence-electron chi connectivity index (χ2n) is 3.27. The van der Waals surface area contributed by atoms with Gasteiger partial charge in [0.05, 0.1) is 10.6 Å². The van der Waals surface area contributed by atoms with E-state index in [2.05, 4.69) is 4.98 Å². The van der Waals surface area contributed by atoms with Crippen LogP contribution in [0.5, 0.6) is 0 Å². The van der Waals surface area contributed by atoms with Gasteiger partial charge in [0.2, 0.25) is 0 Å². The number of aromatic nitrogens is 1. The normalized spacial score (nSPS) is 10.0. The van der Waals surface area contributed by atoms with Crippen LogP contribution < -0.4 is 0 Å². The van der Waals surface area contributed by atoms with Crippen LogP contribution in [0.3, 0.4) is 0 Å². The van der Waals surface area contributed by atoms with E-state index in [0.717, 1.165) is 0 Å². The van der Waals surface area contributed by atoms with Crippen LogP contribution in [0.25, 0.3) is 11.1 Å². The molecule has 1 heterocycles. The summed E-state index contributed by atoms with van der Waals surface area (Å²) in [6.07, 6.45) is 1.36. The quantitative estimate of drug-likeness (QED) is 0.730. The van der Waals surface area contributed by atoms with Gasteiger partial charge in [-0.3, -0.25) is 0 Å². The van der Waals surface area contributed by atoms with Crippen molar-refractivity contribution in [3.63, 3.8) is 0 Å². The summed E-state index contributed by atoms with van der Waals surface area (Å²) in [7, 11) is 0. The fourth-order valence-corrected chi connectivity index (χ4v) is 1.90. The molecule has 1 aromatic heterocycles. The van der Waals surface area contributed by atoms with Crippen LogP contribution in [0.4, 0.5) is 4.39 Å². The van der Waals surface area contributed by atoms with Crippen molar-refractivity contribution in [3.8, 4) is 17.2 Å². The van der Waals surface area contributed by atoms with Crippen LogP contribution in [0, 0.1) is 17.1 Å². The van der Waals surface area contributed by atoms with Gasteiger partial charge in [0.15, 0.2) is 0 Å². The molecule has 0 spiro atoms. The van der Waals surface area contributed by atoms with Crippen LogP contribution in [-0.2, 0) is 0 Å². The Kier molecular flexibility index (Phi) is 3.28. The van der Waals surface area contributed by atoms with E-state index >= 15 is 0 Å². The van der Waals surface area contributed by atoms with Crippen molar-refractivity contribution in [2.45, 2.75) is 0 Å². The highest BCUT2D eigenvalue weighted by molar-refractivity contribution is 6.35. The fraction of sp³-hybridized carbons (Fsp3) is 0. The summed E-state index contributed by atoms with van der Waals surface area (Å²) in [4.78, 5) is 3.79. The third kappa shape index (κ3) is 2.23. The molecular weight excluding hydrogens is 262 g/mol. The van der Waals surface area contributed by atoms with Crippen molar-refractivity contribution in [3.05, 3.63) is 52.0 Å². The van der Waals surface area contributed by atoms with E-state index in [1.54, 1.807) is 0 Å². The van der Waals surface area contributed by atoms with E-state index in [9.17, 15) is 4.39 Å². The predicted octanol–water partition coefficient (Wildman–Crippen LogP) is 4.07. The number of halogens is 3. The minimum absolute atomic E-state index is 0.0798. The summed E-state index contributed by atoms with van der Waals surface area (Å²) >= 11 is 11.8. The van der Waals surface area contributed by atoms with E-state index in [0.29, 0.717) is 16.1 Å². The highest BCUT2D eigenvalue weighted by atomic mass is 35.5. The standard InChI is InChI=1S/C12H5Cl2FN2/c13-10-6-17-12(14)9(5-16)11(10)7-1-3-8(15)4-2-7/h1-4,6H. The zero-order chi connectivity index (χ0) is 12.4. The van der Waals surface area contributed by atoms with Crippen LogP contribution >= 0.6 is 23.2 Å². The number of hydrogen-bond acceptors (Lipinski definition) is 2. The van der Waals surface area contributed by atoms with E-state index in [1.807, 2.05) is 6.07 Å². The van der Waals surface area contributed by atoms with Gasteiger partial charge in [-0.25, -0.2) is 9.37 Å². The summed E-state index contributed by atoms with van der Waals surface area (Å²) in [5.74, 6) is -0.358. The molecule has 2 aromatic rings. The average Bonchev–Trinajstić information content (AvgIpc) is 2.33. The molecular formula is C12H5Cl2FN2. The first-order valence-corrected chi connectivity index (χ1v) is 5.39. The second-order valence-corrected chi connectivity index (χ2v) is 4.03. The van der Waals surface area contributed by atoms with Crippen LogP contribution in [-0.4, -0.2) is 4.98 Å². The molecule has 0 unspecified atom stereocenters. The van der Waals surface area contributed by atoms with Gasteiger partial charge in [-0.1, -0.05) is 35.3 Å². The Morgan fingerprint density at radius 2 is 1.82 bits per heavy atom. The molecule has 0 N–H and O–H groups in total. The molecule has 0 fully saturated rings. The molecule has 0 atom stereocenters.